The summed E-state index contributed by atoms with van der Waals surface area (Å²) >= 11 is 0. The molecule has 0 bridgehead atoms. The predicted octanol–water partition coefficient (Wildman–Crippen LogP) is 0.849. The molecule has 6 nitrogen and oxygen atoms in total. The van der Waals surface area contributed by atoms with E-state index in [9.17, 15) is 9.59 Å². The van der Waals surface area contributed by atoms with Gasteiger partial charge in [0.1, 0.15) is 0 Å². The Balaban J connectivity index is 1.83. The van der Waals surface area contributed by atoms with Crippen LogP contribution in [0.4, 0.5) is 0 Å². The molecule has 0 saturated heterocycles. The molecule has 0 fully saturated rings. The number of nitrogens with one attached hydrogen (secondary N) is 3. The minimum Gasteiger partial charge on any atom is -0.347 e. The van der Waals surface area contributed by atoms with Crippen LogP contribution in [0.25, 0.3) is 0 Å². The number of amides is 1. The van der Waals surface area contributed by atoms with Crippen LogP contribution in [0.15, 0.2) is 35.1 Å². The molecule has 0 aliphatic heterocycles. The van der Waals surface area contributed by atoms with Crippen molar-refractivity contribution >= 4 is 5.91 Å². The van der Waals surface area contributed by atoms with Gasteiger partial charge in [-0.1, -0.05) is 30.3 Å². The van der Waals surface area contributed by atoms with Crippen LogP contribution in [-0.4, -0.2) is 27.1 Å². The van der Waals surface area contributed by atoms with Crippen molar-refractivity contribution in [2.45, 2.75) is 25.8 Å². The van der Waals surface area contributed by atoms with Gasteiger partial charge in [0.15, 0.2) is 0 Å². The Kier molecular flexibility index (Phi) is 4.12. The van der Waals surface area contributed by atoms with E-state index in [0.29, 0.717) is 0 Å². The van der Waals surface area contributed by atoms with Gasteiger partial charge in [0.05, 0.1) is 0 Å². The van der Waals surface area contributed by atoms with Crippen LogP contribution in [0.3, 0.4) is 0 Å². The Labute approximate surface area is 110 Å². The minimum atomic E-state index is -0.484. The van der Waals surface area contributed by atoms with Crippen molar-refractivity contribution in [3.8, 4) is 0 Å². The average Bonchev–Trinajstić information content (AvgIpc) is 2.84. The molecule has 3 N–H and O–H groups in total. The highest BCUT2D eigenvalue weighted by atomic mass is 16.2. The molecule has 1 atom stereocenters. The highest BCUT2D eigenvalue weighted by Gasteiger charge is 2.12. The fraction of sp³-hybridized carbons (Fsp3) is 0.308. The maximum Gasteiger partial charge on any atom is 0.341 e. The van der Waals surface area contributed by atoms with E-state index in [1.807, 2.05) is 25.1 Å². The first-order chi connectivity index (χ1) is 9.15. The number of hydrogen-bond donors (Lipinski definition) is 3. The lowest BCUT2D eigenvalue weighted by Gasteiger charge is -2.12. The van der Waals surface area contributed by atoms with Crippen molar-refractivity contribution in [2.24, 2.45) is 0 Å². The molecule has 2 rings (SSSR count). The van der Waals surface area contributed by atoms with Gasteiger partial charge in [0, 0.05) is 6.04 Å². The second-order valence-electron chi connectivity index (χ2n) is 4.43. The van der Waals surface area contributed by atoms with E-state index in [1.54, 1.807) is 0 Å². The Morgan fingerprint density at radius 3 is 2.74 bits per heavy atom. The van der Waals surface area contributed by atoms with Gasteiger partial charge in [-0.2, -0.15) is 0 Å². The summed E-state index contributed by atoms with van der Waals surface area (Å²) in [6, 6.07) is 10.1. The normalized spacial score (nSPS) is 12.1. The molecule has 0 radical (unpaired) electrons. The maximum absolute atomic E-state index is 11.7. The molecule has 1 unspecified atom stereocenters. The van der Waals surface area contributed by atoms with Gasteiger partial charge in [-0.25, -0.2) is 9.89 Å². The number of carbonyl (C=O) groups excluding carboxylic acids is 1. The zero-order chi connectivity index (χ0) is 13.7. The Bertz CT molecular complexity index is 588. The lowest BCUT2D eigenvalue weighted by molar-refractivity contribution is 0.0928. The van der Waals surface area contributed by atoms with Crippen LogP contribution >= 0.6 is 0 Å². The third-order valence-electron chi connectivity index (χ3n) is 2.80. The number of carbonyl (C=O) groups is 1. The fourth-order valence-electron chi connectivity index (χ4n) is 1.77. The molecule has 6 heteroatoms. The number of aromatic nitrogens is 3. The van der Waals surface area contributed by atoms with Crippen molar-refractivity contribution < 1.29 is 4.79 Å². The molecule has 0 aliphatic carbocycles. The summed E-state index contributed by atoms with van der Waals surface area (Å²) in [7, 11) is 0. The molecular weight excluding hydrogens is 244 g/mol. The number of aromatic amines is 2. The van der Waals surface area contributed by atoms with Crippen LogP contribution in [-0.2, 0) is 6.42 Å². The zero-order valence-electron chi connectivity index (χ0n) is 10.6. The Morgan fingerprint density at radius 1 is 1.37 bits per heavy atom. The van der Waals surface area contributed by atoms with E-state index in [4.69, 9.17) is 0 Å². The van der Waals surface area contributed by atoms with E-state index >= 15 is 0 Å². The molecule has 0 saturated carbocycles. The zero-order valence-corrected chi connectivity index (χ0v) is 10.6. The Morgan fingerprint density at radius 2 is 2.11 bits per heavy atom. The lowest BCUT2D eigenvalue weighted by atomic mass is 10.1. The largest absolute Gasteiger partial charge is 0.347 e. The SMILES string of the molecule is CC(CCc1ccccc1)NC(=O)c1n[nH]c(=O)[nH]1. The monoisotopic (exact) mass is 260 g/mol. The highest BCUT2D eigenvalue weighted by molar-refractivity contribution is 5.90. The molecule has 2 aromatic rings. The van der Waals surface area contributed by atoms with Gasteiger partial charge in [-0.3, -0.25) is 9.78 Å². The van der Waals surface area contributed by atoms with Crippen LogP contribution in [0, 0.1) is 0 Å². The van der Waals surface area contributed by atoms with Crippen LogP contribution in [0.2, 0.25) is 0 Å². The Hall–Kier alpha value is -2.37. The smallest absolute Gasteiger partial charge is 0.341 e. The van der Waals surface area contributed by atoms with Crippen molar-refractivity contribution in [1.29, 1.82) is 0 Å². The summed E-state index contributed by atoms with van der Waals surface area (Å²) in [5, 5.41) is 8.53. The van der Waals surface area contributed by atoms with Gasteiger partial charge < -0.3 is 5.32 Å². The molecule has 100 valence electrons. The van der Waals surface area contributed by atoms with E-state index in [-0.39, 0.29) is 17.8 Å². The number of aryl methyl sites for hydroxylation is 1. The number of H-pyrrole nitrogens is 2. The molecule has 0 aliphatic rings. The first kappa shape index (κ1) is 13.1. The maximum atomic E-state index is 11.7. The summed E-state index contributed by atoms with van der Waals surface area (Å²) < 4.78 is 0. The molecule has 0 spiro atoms. The van der Waals surface area contributed by atoms with E-state index in [2.05, 4.69) is 32.6 Å². The minimum absolute atomic E-state index is 0.00732. The van der Waals surface area contributed by atoms with Gasteiger partial charge in [0.25, 0.3) is 5.91 Å². The third-order valence-corrected chi connectivity index (χ3v) is 2.80. The van der Waals surface area contributed by atoms with Crippen molar-refractivity contribution in [2.75, 3.05) is 0 Å². The summed E-state index contributed by atoms with van der Waals surface area (Å²) in [6.07, 6.45) is 1.71. The summed E-state index contributed by atoms with van der Waals surface area (Å²) in [5.41, 5.74) is 0.749. The van der Waals surface area contributed by atoms with Crippen LogP contribution in [0.5, 0.6) is 0 Å². The molecule has 19 heavy (non-hydrogen) atoms. The number of hydrogen-bond acceptors (Lipinski definition) is 3. The summed E-state index contributed by atoms with van der Waals surface area (Å²) in [5.74, 6) is -0.365. The summed E-state index contributed by atoms with van der Waals surface area (Å²) in [4.78, 5) is 24.9. The topological polar surface area (TPSA) is 90.6 Å². The second-order valence-corrected chi connectivity index (χ2v) is 4.43. The number of rotatable bonds is 5. The highest BCUT2D eigenvalue weighted by Crippen LogP contribution is 2.04. The molecule has 1 amide bonds. The van der Waals surface area contributed by atoms with Crippen molar-refractivity contribution in [3.63, 3.8) is 0 Å². The predicted molar refractivity (Wildman–Crippen MR) is 70.9 cm³/mol. The van der Waals surface area contributed by atoms with E-state index in [0.717, 1.165) is 12.8 Å². The number of benzene rings is 1. The lowest BCUT2D eigenvalue weighted by Crippen LogP contribution is -2.33. The second kappa shape index (κ2) is 5.99. The van der Waals surface area contributed by atoms with Gasteiger partial charge in [-0.15, -0.1) is 5.10 Å². The molecular formula is C13H16N4O2. The molecule has 1 aromatic heterocycles. The van der Waals surface area contributed by atoms with Crippen molar-refractivity contribution in [1.82, 2.24) is 20.5 Å². The average molecular weight is 260 g/mol. The van der Waals surface area contributed by atoms with Gasteiger partial charge in [-0.05, 0) is 25.3 Å². The van der Waals surface area contributed by atoms with Crippen molar-refractivity contribution in [3.05, 3.63) is 52.2 Å². The fourth-order valence-corrected chi connectivity index (χ4v) is 1.77. The van der Waals surface area contributed by atoms with Crippen LogP contribution < -0.4 is 11.0 Å². The molecule has 1 heterocycles. The first-order valence-corrected chi connectivity index (χ1v) is 6.14. The van der Waals surface area contributed by atoms with Crippen LogP contribution in [0.1, 0.15) is 29.5 Å². The van der Waals surface area contributed by atoms with Gasteiger partial charge >= 0.3 is 5.69 Å². The van der Waals surface area contributed by atoms with Gasteiger partial charge in [0.2, 0.25) is 5.82 Å². The third kappa shape index (κ3) is 3.80. The van der Waals surface area contributed by atoms with E-state index in [1.165, 1.54) is 5.56 Å². The first-order valence-electron chi connectivity index (χ1n) is 6.14. The standard InChI is InChI=1S/C13H16N4O2/c1-9(7-8-10-5-3-2-4-6-10)14-12(18)11-15-13(19)17-16-11/h2-6,9H,7-8H2,1H3,(H,14,18)(H2,15,16,17,19). The quantitative estimate of drug-likeness (QED) is 0.744. The molecule has 1 aromatic carbocycles. The summed E-state index contributed by atoms with van der Waals surface area (Å²) in [6.45, 7) is 1.92. The number of nitrogens with zero attached hydrogens (tertiary/aromatic N) is 1. The van der Waals surface area contributed by atoms with E-state index < -0.39 is 5.69 Å².